The van der Waals surface area contributed by atoms with Crippen LogP contribution in [0.4, 0.5) is 10.1 Å². The first-order chi connectivity index (χ1) is 11.0. The van der Waals surface area contributed by atoms with Crippen molar-refractivity contribution in [2.75, 3.05) is 4.90 Å². The minimum atomic E-state index is -0.662. The van der Waals surface area contributed by atoms with E-state index in [0.29, 0.717) is 5.69 Å². The molecule has 0 radical (unpaired) electrons. The van der Waals surface area contributed by atoms with Gasteiger partial charge in [0.25, 0.3) is 11.8 Å². The number of anilines is 1. The molecule has 116 valence electrons. The Morgan fingerprint density at radius 3 is 2.57 bits per heavy atom. The van der Waals surface area contributed by atoms with E-state index in [1.165, 1.54) is 24.3 Å². The predicted octanol–water partition coefficient (Wildman–Crippen LogP) is 2.00. The predicted molar refractivity (Wildman–Crippen MR) is 88.0 cm³/mol. The van der Waals surface area contributed by atoms with Crippen LogP contribution >= 0.6 is 12.2 Å². The van der Waals surface area contributed by atoms with E-state index in [0.717, 1.165) is 4.90 Å². The Bertz CT molecular complexity index is 857. The summed E-state index contributed by atoms with van der Waals surface area (Å²) >= 11 is 5.02. The molecule has 1 aliphatic heterocycles. The minimum Gasteiger partial charge on any atom is -0.351 e. The SMILES string of the molecule is Cn1cccc1/C=C1\C(=O)NC(=S)N(c2ccccc2F)C1=O. The molecule has 0 aliphatic carbocycles. The van der Waals surface area contributed by atoms with Gasteiger partial charge in [0.15, 0.2) is 5.11 Å². The van der Waals surface area contributed by atoms with Gasteiger partial charge in [0.2, 0.25) is 0 Å². The van der Waals surface area contributed by atoms with Gasteiger partial charge in [-0.05, 0) is 42.6 Å². The number of nitrogens with zero attached hydrogens (tertiary/aromatic N) is 2. The van der Waals surface area contributed by atoms with E-state index in [2.05, 4.69) is 5.32 Å². The van der Waals surface area contributed by atoms with E-state index in [1.54, 1.807) is 36.0 Å². The smallest absolute Gasteiger partial charge is 0.270 e. The number of hydrogen-bond donors (Lipinski definition) is 1. The lowest BCUT2D eigenvalue weighted by molar-refractivity contribution is -0.122. The van der Waals surface area contributed by atoms with Crippen LogP contribution in [0.2, 0.25) is 0 Å². The second-order valence-corrected chi connectivity index (χ2v) is 5.34. The van der Waals surface area contributed by atoms with Crippen LogP contribution < -0.4 is 10.2 Å². The van der Waals surface area contributed by atoms with Crippen molar-refractivity contribution >= 4 is 40.9 Å². The summed E-state index contributed by atoms with van der Waals surface area (Å²) in [5.41, 5.74) is 0.564. The molecule has 2 heterocycles. The Kier molecular flexibility index (Phi) is 3.79. The molecule has 2 aromatic rings. The van der Waals surface area contributed by atoms with Gasteiger partial charge >= 0.3 is 0 Å². The molecule has 1 N–H and O–H groups in total. The van der Waals surface area contributed by atoms with Gasteiger partial charge in [-0.2, -0.15) is 0 Å². The average Bonchev–Trinajstić information content (AvgIpc) is 2.90. The third-order valence-corrected chi connectivity index (χ3v) is 3.76. The highest BCUT2D eigenvalue weighted by Crippen LogP contribution is 2.24. The zero-order valence-electron chi connectivity index (χ0n) is 12.1. The molecule has 7 heteroatoms. The summed E-state index contributed by atoms with van der Waals surface area (Å²) in [6.07, 6.45) is 3.24. The van der Waals surface area contributed by atoms with Crippen LogP contribution in [0.25, 0.3) is 6.08 Å². The molecule has 0 saturated carbocycles. The highest BCUT2D eigenvalue weighted by molar-refractivity contribution is 7.80. The first-order valence-electron chi connectivity index (χ1n) is 6.76. The molecule has 1 aromatic heterocycles. The van der Waals surface area contributed by atoms with Gasteiger partial charge in [-0.25, -0.2) is 9.29 Å². The summed E-state index contributed by atoms with van der Waals surface area (Å²) in [5, 5.41) is 2.28. The Morgan fingerprint density at radius 2 is 1.91 bits per heavy atom. The van der Waals surface area contributed by atoms with Crippen LogP contribution in [0.15, 0.2) is 48.2 Å². The number of para-hydroxylation sites is 1. The molecular formula is C16H12FN3O2S. The molecule has 0 spiro atoms. The highest BCUT2D eigenvalue weighted by atomic mass is 32.1. The van der Waals surface area contributed by atoms with E-state index in [-0.39, 0.29) is 16.4 Å². The Balaban J connectivity index is 2.07. The van der Waals surface area contributed by atoms with Crippen molar-refractivity contribution in [3.8, 4) is 0 Å². The van der Waals surface area contributed by atoms with Gasteiger partial charge in [0.05, 0.1) is 5.69 Å². The van der Waals surface area contributed by atoms with Gasteiger partial charge in [-0.15, -0.1) is 0 Å². The molecular weight excluding hydrogens is 317 g/mol. The topological polar surface area (TPSA) is 54.3 Å². The maximum atomic E-state index is 14.0. The standard InChI is InChI=1S/C16H12FN3O2S/c1-19-8-4-5-10(19)9-11-14(21)18-16(23)20(15(11)22)13-7-3-2-6-12(13)17/h2-9H,1H3,(H,18,21,23)/b11-9+. The Morgan fingerprint density at radius 1 is 1.17 bits per heavy atom. The van der Waals surface area contributed by atoms with Crippen LogP contribution in [0.5, 0.6) is 0 Å². The number of nitrogens with one attached hydrogen (secondary N) is 1. The molecule has 23 heavy (non-hydrogen) atoms. The number of rotatable bonds is 2. The second-order valence-electron chi connectivity index (χ2n) is 4.95. The van der Waals surface area contributed by atoms with Crippen molar-refractivity contribution < 1.29 is 14.0 Å². The van der Waals surface area contributed by atoms with Gasteiger partial charge in [0.1, 0.15) is 11.4 Å². The molecule has 1 saturated heterocycles. The number of carbonyl (C=O) groups excluding carboxylic acids is 2. The van der Waals surface area contributed by atoms with Crippen molar-refractivity contribution in [2.45, 2.75) is 0 Å². The van der Waals surface area contributed by atoms with Gasteiger partial charge in [-0.1, -0.05) is 12.1 Å². The number of benzene rings is 1. The first-order valence-corrected chi connectivity index (χ1v) is 7.17. The van der Waals surface area contributed by atoms with Gasteiger partial charge in [0, 0.05) is 18.9 Å². The van der Waals surface area contributed by atoms with Crippen molar-refractivity contribution in [3.63, 3.8) is 0 Å². The van der Waals surface area contributed by atoms with Gasteiger partial charge in [-0.3, -0.25) is 14.9 Å². The number of thiocarbonyl (C=S) groups is 1. The maximum absolute atomic E-state index is 14.0. The lowest BCUT2D eigenvalue weighted by atomic mass is 10.1. The van der Waals surface area contributed by atoms with Crippen LogP contribution in [0, 0.1) is 5.82 Å². The fourth-order valence-electron chi connectivity index (χ4n) is 2.28. The maximum Gasteiger partial charge on any atom is 0.270 e. The number of amides is 2. The molecule has 1 fully saturated rings. The molecule has 3 rings (SSSR count). The summed E-state index contributed by atoms with van der Waals surface area (Å²) in [6, 6.07) is 9.30. The van der Waals surface area contributed by atoms with E-state index in [4.69, 9.17) is 12.2 Å². The molecule has 1 aliphatic rings. The number of halogens is 1. The fraction of sp³-hybridized carbons (Fsp3) is 0.0625. The van der Waals surface area contributed by atoms with Crippen LogP contribution in [-0.4, -0.2) is 21.5 Å². The summed E-state index contributed by atoms with van der Waals surface area (Å²) < 4.78 is 15.8. The Hall–Kier alpha value is -2.80. The van der Waals surface area contributed by atoms with Crippen molar-refractivity contribution in [3.05, 3.63) is 59.7 Å². The molecule has 5 nitrogen and oxygen atoms in total. The first kappa shape index (κ1) is 15.1. The van der Waals surface area contributed by atoms with Crippen LogP contribution in [0.1, 0.15) is 5.69 Å². The molecule has 0 bridgehead atoms. The highest BCUT2D eigenvalue weighted by Gasteiger charge is 2.35. The normalized spacial score (nSPS) is 16.9. The zero-order valence-corrected chi connectivity index (χ0v) is 12.9. The molecule has 0 unspecified atom stereocenters. The van der Waals surface area contributed by atoms with Crippen LogP contribution in [-0.2, 0) is 16.6 Å². The van der Waals surface area contributed by atoms with Crippen LogP contribution in [0.3, 0.4) is 0 Å². The largest absolute Gasteiger partial charge is 0.351 e. The third kappa shape index (κ3) is 2.66. The minimum absolute atomic E-state index is 0.000260. The fourth-order valence-corrected chi connectivity index (χ4v) is 2.56. The number of aryl methyl sites for hydroxylation is 1. The molecule has 2 amide bonds. The second kappa shape index (κ2) is 5.77. The van der Waals surface area contributed by atoms with Crippen molar-refractivity contribution in [1.82, 2.24) is 9.88 Å². The molecule has 1 aromatic carbocycles. The quantitative estimate of drug-likeness (QED) is 0.521. The summed E-state index contributed by atoms with van der Waals surface area (Å²) in [4.78, 5) is 25.8. The number of aromatic nitrogens is 1. The van der Waals surface area contributed by atoms with E-state index < -0.39 is 17.6 Å². The third-order valence-electron chi connectivity index (χ3n) is 3.47. The summed E-state index contributed by atoms with van der Waals surface area (Å²) in [7, 11) is 1.79. The number of hydrogen-bond acceptors (Lipinski definition) is 3. The number of carbonyl (C=O) groups is 2. The average molecular weight is 329 g/mol. The van der Waals surface area contributed by atoms with E-state index >= 15 is 0 Å². The van der Waals surface area contributed by atoms with Crippen molar-refractivity contribution in [2.24, 2.45) is 7.05 Å². The van der Waals surface area contributed by atoms with Gasteiger partial charge < -0.3 is 4.57 Å². The summed E-state index contributed by atoms with van der Waals surface area (Å²) in [6.45, 7) is 0. The van der Waals surface area contributed by atoms with E-state index in [9.17, 15) is 14.0 Å². The molecule has 0 atom stereocenters. The zero-order chi connectivity index (χ0) is 16.6. The lowest BCUT2D eigenvalue weighted by Crippen LogP contribution is -2.54. The summed E-state index contributed by atoms with van der Waals surface area (Å²) in [5.74, 6) is -1.86. The van der Waals surface area contributed by atoms with Crippen molar-refractivity contribution in [1.29, 1.82) is 0 Å². The Labute approximate surface area is 137 Å². The lowest BCUT2D eigenvalue weighted by Gasteiger charge is -2.29. The van der Waals surface area contributed by atoms with E-state index in [1.807, 2.05) is 0 Å². The monoisotopic (exact) mass is 329 g/mol.